The molecule has 1 spiro atoms. The van der Waals surface area contributed by atoms with Gasteiger partial charge in [0, 0.05) is 45.8 Å². The molecule has 7 heteroatoms. The van der Waals surface area contributed by atoms with Crippen molar-refractivity contribution in [3.05, 3.63) is 12.4 Å². The number of nitrogens with zero attached hydrogens (tertiary/aromatic N) is 5. The molecule has 2 fully saturated rings. The van der Waals surface area contributed by atoms with Gasteiger partial charge in [-0.25, -0.2) is 9.97 Å². The van der Waals surface area contributed by atoms with E-state index in [-0.39, 0.29) is 11.4 Å². The fraction of sp³-hybridized carbons (Fsp3) is 0.722. The van der Waals surface area contributed by atoms with E-state index in [1.54, 1.807) is 7.11 Å². The summed E-state index contributed by atoms with van der Waals surface area (Å²) in [6.07, 6.45) is 3.19. The average Bonchev–Trinajstić information content (AvgIpc) is 2.63. The molecule has 0 aliphatic carbocycles. The van der Waals surface area contributed by atoms with Crippen molar-refractivity contribution in [1.29, 1.82) is 0 Å². The smallest absolute Gasteiger partial charge is 0.243 e. The summed E-state index contributed by atoms with van der Waals surface area (Å²) in [4.78, 5) is 28.1. The van der Waals surface area contributed by atoms with Crippen LogP contribution in [0.3, 0.4) is 0 Å². The highest BCUT2D eigenvalue weighted by Crippen LogP contribution is 2.35. The van der Waals surface area contributed by atoms with Crippen LogP contribution in [0, 0.1) is 5.92 Å². The molecule has 0 saturated carbocycles. The molecule has 2 aliphatic rings. The quantitative estimate of drug-likeness (QED) is 0.817. The molecule has 138 valence electrons. The molecule has 0 radical (unpaired) electrons. The number of amides is 1. The molecule has 3 heterocycles. The maximum Gasteiger partial charge on any atom is 0.243 e. The van der Waals surface area contributed by atoms with Crippen molar-refractivity contribution in [1.82, 2.24) is 19.8 Å². The number of rotatable bonds is 4. The molecule has 1 aromatic heterocycles. The molecule has 25 heavy (non-hydrogen) atoms. The normalized spacial score (nSPS) is 21.2. The van der Waals surface area contributed by atoms with Crippen LogP contribution >= 0.6 is 0 Å². The maximum absolute atomic E-state index is 13.1. The minimum atomic E-state index is -0.356. The van der Waals surface area contributed by atoms with Gasteiger partial charge in [0.2, 0.25) is 11.8 Å². The molecule has 2 saturated heterocycles. The van der Waals surface area contributed by atoms with Crippen molar-refractivity contribution in [2.45, 2.75) is 32.2 Å². The number of hydrogen-bond donors (Lipinski definition) is 0. The molecule has 0 atom stereocenters. The van der Waals surface area contributed by atoms with Gasteiger partial charge < -0.3 is 14.5 Å². The van der Waals surface area contributed by atoms with Crippen molar-refractivity contribution in [3.63, 3.8) is 0 Å². The van der Waals surface area contributed by atoms with Gasteiger partial charge in [-0.1, -0.05) is 13.8 Å². The number of anilines is 1. The predicted molar refractivity (Wildman–Crippen MR) is 96.8 cm³/mol. The minimum absolute atomic E-state index is 0.277. The fourth-order valence-corrected chi connectivity index (χ4v) is 4.03. The summed E-state index contributed by atoms with van der Waals surface area (Å²) in [7, 11) is 3.54. The Bertz CT molecular complexity index is 613. The second kappa shape index (κ2) is 7.15. The fourth-order valence-electron chi connectivity index (χ4n) is 4.03. The van der Waals surface area contributed by atoms with Gasteiger partial charge in [-0.15, -0.1) is 0 Å². The van der Waals surface area contributed by atoms with E-state index < -0.39 is 0 Å². The van der Waals surface area contributed by atoms with E-state index in [1.165, 1.54) is 6.33 Å². The van der Waals surface area contributed by atoms with E-state index in [2.05, 4.69) is 33.6 Å². The number of carbonyl (C=O) groups excluding carboxylic acids is 1. The van der Waals surface area contributed by atoms with E-state index in [4.69, 9.17) is 4.74 Å². The lowest BCUT2D eigenvalue weighted by molar-refractivity contribution is -0.152. The Balaban J connectivity index is 1.77. The standard InChI is InChI=1S/C18H29N5O2/c1-14(2)12-23-10-9-21(3)17(24)18(23)5-7-22(8-6-18)15-11-16(25-4)20-13-19-15/h11,13-14H,5-10,12H2,1-4H3. The predicted octanol–water partition coefficient (Wildman–Crippen LogP) is 1.25. The van der Waals surface area contributed by atoms with Crippen molar-refractivity contribution < 1.29 is 9.53 Å². The molecule has 0 unspecified atom stereocenters. The summed E-state index contributed by atoms with van der Waals surface area (Å²) in [6, 6.07) is 1.86. The van der Waals surface area contributed by atoms with Crippen LogP contribution in [0.2, 0.25) is 0 Å². The largest absolute Gasteiger partial charge is 0.481 e. The molecular weight excluding hydrogens is 318 g/mol. The Morgan fingerprint density at radius 3 is 2.56 bits per heavy atom. The first-order chi connectivity index (χ1) is 12.0. The Hall–Kier alpha value is -1.89. The first-order valence-corrected chi connectivity index (χ1v) is 9.08. The SMILES string of the molecule is COc1cc(N2CCC3(CC2)C(=O)N(C)CCN3CC(C)C)ncn1. The summed E-state index contributed by atoms with van der Waals surface area (Å²) < 4.78 is 5.20. The third-order valence-corrected chi connectivity index (χ3v) is 5.39. The maximum atomic E-state index is 13.1. The van der Waals surface area contributed by atoms with E-state index in [0.717, 1.165) is 51.4 Å². The molecule has 0 aromatic carbocycles. The van der Waals surface area contributed by atoms with Crippen LogP contribution in [-0.4, -0.2) is 78.1 Å². The summed E-state index contributed by atoms with van der Waals surface area (Å²) in [5.41, 5.74) is -0.356. The summed E-state index contributed by atoms with van der Waals surface area (Å²) >= 11 is 0. The Morgan fingerprint density at radius 1 is 1.20 bits per heavy atom. The molecule has 7 nitrogen and oxygen atoms in total. The van der Waals surface area contributed by atoms with Crippen LogP contribution in [0.25, 0.3) is 0 Å². The zero-order chi connectivity index (χ0) is 18.0. The van der Waals surface area contributed by atoms with Crippen molar-refractivity contribution in [3.8, 4) is 5.88 Å². The van der Waals surface area contributed by atoms with Crippen LogP contribution < -0.4 is 9.64 Å². The number of piperidine rings is 1. The Kier molecular flexibility index (Phi) is 5.13. The zero-order valence-electron chi connectivity index (χ0n) is 15.7. The molecule has 1 aromatic rings. The van der Waals surface area contributed by atoms with Gasteiger partial charge in [0.1, 0.15) is 17.7 Å². The third-order valence-electron chi connectivity index (χ3n) is 5.39. The van der Waals surface area contributed by atoms with E-state index in [1.807, 2.05) is 18.0 Å². The van der Waals surface area contributed by atoms with Crippen molar-refractivity contribution >= 4 is 11.7 Å². The topological polar surface area (TPSA) is 61.8 Å². The number of likely N-dealkylation sites (N-methyl/N-ethyl adjacent to an activating group) is 1. The lowest BCUT2D eigenvalue weighted by Gasteiger charge is -2.52. The minimum Gasteiger partial charge on any atom is -0.481 e. The lowest BCUT2D eigenvalue weighted by Crippen LogP contribution is -2.68. The van der Waals surface area contributed by atoms with Crippen molar-refractivity contribution in [2.24, 2.45) is 5.92 Å². The van der Waals surface area contributed by atoms with Crippen LogP contribution in [0.15, 0.2) is 12.4 Å². The first kappa shape index (κ1) is 17.9. The van der Waals surface area contributed by atoms with Gasteiger partial charge in [0.05, 0.1) is 7.11 Å². The molecule has 2 aliphatic heterocycles. The lowest BCUT2D eigenvalue weighted by atomic mass is 9.82. The molecular formula is C18H29N5O2. The van der Waals surface area contributed by atoms with Crippen LogP contribution in [0.1, 0.15) is 26.7 Å². The number of methoxy groups -OCH3 is 1. The second-order valence-corrected chi connectivity index (χ2v) is 7.50. The highest BCUT2D eigenvalue weighted by Gasteiger charge is 2.49. The molecule has 1 amide bonds. The second-order valence-electron chi connectivity index (χ2n) is 7.50. The summed E-state index contributed by atoms with van der Waals surface area (Å²) in [5, 5.41) is 0. The summed E-state index contributed by atoms with van der Waals surface area (Å²) in [5.74, 6) is 2.27. The highest BCUT2D eigenvalue weighted by molar-refractivity contribution is 5.87. The van der Waals surface area contributed by atoms with E-state index >= 15 is 0 Å². The van der Waals surface area contributed by atoms with Gasteiger partial charge in [-0.3, -0.25) is 9.69 Å². The van der Waals surface area contributed by atoms with Gasteiger partial charge >= 0.3 is 0 Å². The average molecular weight is 347 g/mol. The molecule has 0 N–H and O–H groups in total. The first-order valence-electron chi connectivity index (χ1n) is 9.08. The van der Waals surface area contributed by atoms with Crippen LogP contribution in [-0.2, 0) is 4.79 Å². The van der Waals surface area contributed by atoms with Gasteiger partial charge in [0.25, 0.3) is 0 Å². The van der Waals surface area contributed by atoms with Gasteiger partial charge in [-0.2, -0.15) is 0 Å². The number of hydrogen-bond acceptors (Lipinski definition) is 6. The van der Waals surface area contributed by atoms with Crippen LogP contribution in [0.4, 0.5) is 5.82 Å². The highest BCUT2D eigenvalue weighted by atomic mass is 16.5. The number of ether oxygens (including phenoxy) is 1. The van der Waals surface area contributed by atoms with E-state index in [9.17, 15) is 4.79 Å². The Labute approximate surface area is 150 Å². The Morgan fingerprint density at radius 2 is 1.92 bits per heavy atom. The number of piperazine rings is 1. The molecule has 0 bridgehead atoms. The summed E-state index contributed by atoms with van der Waals surface area (Å²) in [6.45, 7) is 8.82. The number of aromatic nitrogens is 2. The van der Waals surface area contributed by atoms with Gasteiger partial charge in [0.15, 0.2) is 0 Å². The third kappa shape index (κ3) is 3.42. The monoisotopic (exact) mass is 347 g/mol. The van der Waals surface area contributed by atoms with Crippen LogP contribution in [0.5, 0.6) is 5.88 Å². The zero-order valence-corrected chi connectivity index (χ0v) is 15.7. The van der Waals surface area contributed by atoms with Gasteiger partial charge in [-0.05, 0) is 18.8 Å². The molecule has 3 rings (SSSR count). The van der Waals surface area contributed by atoms with E-state index in [0.29, 0.717) is 11.8 Å². The number of carbonyl (C=O) groups is 1. The van der Waals surface area contributed by atoms with Crippen molar-refractivity contribution in [2.75, 3.05) is 51.8 Å².